The smallest absolute Gasteiger partial charge is 0.287 e. The van der Waals surface area contributed by atoms with Crippen LogP contribution in [0.5, 0.6) is 5.95 Å². The first-order valence-corrected chi connectivity index (χ1v) is 5.28. The Labute approximate surface area is 85.3 Å². The molecule has 78 valence electrons. The highest BCUT2D eigenvalue weighted by molar-refractivity contribution is 5.34. The quantitative estimate of drug-likeness (QED) is 0.685. The Morgan fingerprint density at radius 2 is 2.14 bits per heavy atom. The molecule has 0 N–H and O–H groups in total. The summed E-state index contributed by atoms with van der Waals surface area (Å²) in [5, 5.41) is 0. The van der Waals surface area contributed by atoms with Crippen LogP contribution in [0.2, 0.25) is 0 Å². The molecule has 1 aliphatic rings. The monoisotopic (exact) mass is 194 g/mol. The van der Waals surface area contributed by atoms with E-state index in [1.165, 1.54) is 11.1 Å². The Hall–Kier alpha value is -0.920. The molecule has 1 aromatic rings. The van der Waals surface area contributed by atoms with Crippen LogP contribution in [0.3, 0.4) is 0 Å². The van der Waals surface area contributed by atoms with E-state index >= 15 is 0 Å². The third-order valence-electron chi connectivity index (χ3n) is 2.47. The van der Waals surface area contributed by atoms with Gasteiger partial charge in [0.1, 0.15) is 0 Å². The van der Waals surface area contributed by atoms with Crippen molar-refractivity contribution in [2.75, 3.05) is 6.61 Å². The molecule has 0 bridgehead atoms. The fraction of sp³-hybridized carbons (Fsp3) is 0.667. The third-order valence-corrected chi connectivity index (χ3v) is 2.47. The van der Waals surface area contributed by atoms with E-state index in [1.54, 1.807) is 0 Å². The number of hydrogen-bond acceptors (Lipinski definition) is 2. The van der Waals surface area contributed by atoms with Gasteiger partial charge < -0.3 is 9.15 Å². The molecular formula is C12H18O2. The molecule has 2 heterocycles. The van der Waals surface area contributed by atoms with Gasteiger partial charge in [0, 0.05) is 5.56 Å². The van der Waals surface area contributed by atoms with E-state index in [1.807, 2.05) is 6.26 Å². The van der Waals surface area contributed by atoms with E-state index < -0.39 is 0 Å². The highest BCUT2D eigenvalue weighted by Gasteiger charge is 2.22. The van der Waals surface area contributed by atoms with Crippen LogP contribution in [-0.2, 0) is 12.8 Å². The van der Waals surface area contributed by atoms with Gasteiger partial charge in [-0.3, -0.25) is 0 Å². The van der Waals surface area contributed by atoms with Gasteiger partial charge in [0.05, 0.1) is 12.9 Å². The highest BCUT2D eigenvalue weighted by Crippen LogP contribution is 2.33. The molecule has 0 spiro atoms. The molecule has 0 saturated carbocycles. The Morgan fingerprint density at radius 3 is 2.86 bits per heavy atom. The first-order chi connectivity index (χ1) is 6.56. The maximum atomic E-state index is 5.45. The van der Waals surface area contributed by atoms with Gasteiger partial charge in [-0.25, -0.2) is 0 Å². The molecule has 2 nitrogen and oxygen atoms in total. The molecule has 0 atom stereocenters. The normalized spacial score (nSPS) is 16.2. The molecule has 0 fully saturated rings. The van der Waals surface area contributed by atoms with Crippen molar-refractivity contribution in [3.63, 3.8) is 0 Å². The fourth-order valence-corrected chi connectivity index (χ4v) is 1.92. The van der Waals surface area contributed by atoms with Gasteiger partial charge in [0.25, 0.3) is 5.95 Å². The summed E-state index contributed by atoms with van der Waals surface area (Å²) in [6.07, 6.45) is 5.15. The lowest BCUT2D eigenvalue weighted by molar-refractivity contribution is 0.220. The summed E-state index contributed by atoms with van der Waals surface area (Å²) in [5.41, 5.74) is 2.94. The summed E-state index contributed by atoms with van der Waals surface area (Å²) in [6, 6.07) is 0. The lowest BCUT2D eigenvalue weighted by Crippen LogP contribution is -2.12. The average molecular weight is 194 g/mol. The number of rotatable bonds is 1. The molecule has 0 saturated heterocycles. The SMILES string of the molecule is CC(C)(C)Cc1coc2c1CCCO2. The van der Waals surface area contributed by atoms with Crippen molar-refractivity contribution in [2.24, 2.45) is 5.41 Å². The van der Waals surface area contributed by atoms with Gasteiger partial charge in [-0.05, 0) is 30.2 Å². The minimum atomic E-state index is 0.315. The first-order valence-electron chi connectivity index (χ1n) is 5.28. The Morgan fingerprint density at radius 1 is 1.36 bits per heavy atom. The highest BCUT2D eigenvalue weighted by atomic mass is 16.6. The van der Waals surface area contributed by atoms with Crippen LogP contribution in [0.1, 0.15) is 38.3 Å². The zero-order chi connectivity index (χ0) is 10.2. The van der Waals surface area contributed by atoms with Crippen LogP contribution in [-0.4, -0.2) is 6.61 Å². The van der Waals surface area contributed by atoms with Gasteiger partial charge >= 0.3 is 0 Å². The van der Waals surface area contributed by atoms with Crippen LogP contribution < -0.4 is 4.74 Å². The molecule has 1 aromatic heterocycles. The number of furan rings is 1. The number of hydrogen-bond donors (Lipinski definition) is 0. The Bertz CT molecular complexity index is 318. The predicted octanol–water partition coefficient (Wildman–Crippen LogP) is 3.19. The zero-order valence-electron chi connectivity index (χ0n) is 9.22. The molecule has 0 aliphatic carbocycles. The number of ether oxygens (including phenoxy) is 1. The van der Waals surface area contributed by atoms with Crippen molar-refractivity contribution in [1.29, 1.82) is 0 Å². The van der Waals surface area contributed by atoms with Gasteiger partial charge in [-0.2, -0.15) is 0 Å². The summed E-state index contributed by atoms with van der Waals surface area (Å²) in [7, 11) is 0. The molecule has 1 aliphatic heterocycles. The topological polar surface area (TPSA) is 22.4 Å². The Kier molecular flexibility index (Phi) is 2.30. The van der Waals surface area contributed by atoms with Gasteiger partial charge in [0.15, 0.2) is 0 Å². The van der Waals surface area contributed by atoms with E-state index in [0.717, 1.165) is 31.8 Å². The third kappa shape index (κ3) is 1.94. The lowest BCUT2D eigenvalue weighted by Gasteiger charge is -2.19. The second kappa shape index (κ2) is 3.34. The summed E-state index contributed by atoms with van der Waals surface area (Å²) >= 11 is 0. The standard InChI is InChI=1S/C12H18O2/c1-12(2,3)7-9-8-14-11-10(9)5-4-6-13-11/h8H,4-7H2,1-3H3. The minimum Gasteiger partial charge on any atom is -0.465 e. The maximum absolute atomic E-state index is 5.45. The second-order valence-corrected chi connectivity index (χ2v) is 5.22. The Balaban J connectivity index is 2.22. The number of fused-ring (bicyclic) bond motifs is 1. The van der Waals surface area contributed by atoms with Crippen molar-refractivity contribution in [3.8, 4) is 5.95 Å². The fourth-order valence-electron chi connectivity index (χ4n) is 1.92. The summed E-state index contributed by atoms with van der Waals surface area (Å²) in [4.78, 5) is 0. The van der Waals surface area contributed by atoms with Crippen LogP contribution >= 0.6 is 0 Å². The summed E-state index contributed by atoms with van der Waals surface area (Å²) in [6.45, 7) is 7.54. The molecular weight excluding hydrogens is 176 g/mol. The van der Waals surface area contributed by atoms with Crippen molar-refractivity contribution in [2.45, 2.75) is 40.0 Å². The van der Waals surface area contributed by atoms with E-state index in [4.69, 9.17) is 9.15 Å². The first kappa shape index (κ1) is 9.63. The molecule has 14 heavy (non-hydrogen) atoms. The summed E-state index contributed by atoms with van der Waals surface area (Å²) in [5.74, 6) is 0.760. The molecule has 0 unspecified atom stereocenters. The molecule has 2 heteroatoms. The van der Waals surface area contributed by atoms with Crippen LogP contribution in [0.25, 0.3) is 0 Å². The lowest BCUT2D eigenvalue weighted by atomic mass is 9.87. The largest absolute Gasteiger partial charge is 0.465 e. The minimum absolute atomic E-state index is 0.315. The van der Waals surface area contributed by atoms with Crippen molar-refractivity contribution < 1.29 is 9.15 Å². The predicted molar refractivity (Wildman–Crippen MR) is 55.7 cm³/mol. The van der Waals surface area contributed by atoms with Crippen LogP contribution in [0.4, 0.5) is 0 Å². The van der Waals surface area contributed by atoms with Crippen molar-refractivity contribution in [1.82, 2.24) is 0 Å². The molecule has 0 amide bonds. The van der Waals surface area contributed by atoms with Crippen molar-refractivity contribution >= 4 is 0 Å². The summed E-state index contributed by atoms with van der Waals surface area (Å²) < 4.78 is 10.9. The van der Waals surface area contributed by atoms with Crippen molar-refractivity contribution in [3.05, 3.63) is 17.4 Å². The average Bonchev–Trinajstić information content (AvgIpc) is 2.47. The van der Waals surface area contributed by atoms with Crippen LogP contribution in [0.15, 0.2) is 10.7 Å². The zero-order valence-corrected chi connectivity index (χ0v) is 9.22. The van der Waals surface area contributed by atoms with E-state index in [9.17, 15) is 0 Å². The van der Waals surface area contributed by atoms with Crippen LogP contribution in [0, 0.1) is 5.41 Å². The second-order valence-electron chi connectivity index (χ2n) is 5.22. The van der Waals surface area contributed by atoms with Gasteiger partial charge in [0.2, 0.25) is 0 Å². The van der Waals surface area contributed by atoms with Gasteiger partial charge in [-0.1, -0.05) is 20.8 Å². The molecule has 0 aromatic carbocycles. The molecule has 0 radical (unpaired) electrons. The van der Waals surface area contributed by atoms with E-state index in [-0.39, 0.29) is 0 Å². The van der Waals surface area contributed by atoms with E-state index in [2.05, 4.69) is 20.8 Å². The maximum Gasteiger partial charge on any atom is 0.287 e. The van der Waals surface area contributed by atoms with Gasteiger partial charge in [-0.15, -0.1) is 0 Å². The molecule has 2 rings (SSSR count). The van der Waals surface area contributed by atoms with E-state index in [0.29, 0.717) is 5.41 Å².